The number of rotatable bonds is 7. The fourth-order valence-corrected chi connectivity index (χ4v) is 2.09. The Labute approximate surface area is 164 Å². The maximum Gasteiger partial charge on any atom is 0.269 e. The van der Waals surface area contributed by atoms with Crippen molar-refractivity contribution >= 4 is 35.6 Å². The van der Waals surface area contributed by atoms with Crippen molar-refractivity contribution in [2.45, 2.75) is 26.4 Å². The molecule has 134 valence electrons. The minimum absolute atomic E-state index is 0. The van der Waals surface area contributed by atoms with Crippen molar-refractivity contribution in [3.05, 3.63) is 75.8 Å². The summed E-state index contributed by atoms with van der Waals surface area (Å²) in [5.74, 6) is 0.735. The second-order valence-electron chi connectivity index (χ2n) is 5.35. The van der Waals surface area contributed by atoms with Gasteiger partial charge in [-0.25, -0.2) is 4.99 Å². The van der Waals surface area contributed by atoms with Gasteiger partial charge in [-0.2, -0.15) is 0 Å². The van der Waals surface area contributed by atoms with E-state index in [1.54, 1.807) is 12.1 Å². The van der Waals surface area contributed by atoms with Crippen molar-refractivity contribution < 1.29 is 4.92 Å². The molecule has 0 aliphatic rings. The second-order valence-corrected chi connectivity index (χ2v) is 5.35. The largest absolute Gasteiger partial charge is 0.356 e. The Balaban J connectivity index is 0.00000312. The molecule has 7 heteroatoms. The van der Waals surface area contributed by atoms with E-state index in [1.165, 1.54) is 12.1 Å². The number of nitrogens with one attached hydrogen (secondary N) is 2. The number of benzene rings is 2. The number of nitro groups is 1. The third-order valence-electron chi connectivity index (χ3n) is 3.41. The van der Waals surface area contributed by atoms with Gasteiger partial charge in [-0.3, -0.25) is 10.1 Å². The number of guanidine groups is 1. The molecular weight excluding hydrogens is 431 g/mol. The molecule has 0 bridgehead atoms. The molecule has 2 aromatic rings. The molecule has 25 heavy (non-hydrogen) atoms. The summed E-state index contributed by atoms with van der Waals surface area (Å²) in [4.78, 5) is 14.9. The van der Waals surface area contributed by atoms with Crippen molar-refractivity contribution in [3.63, 3.8) is 0 Å². The summed E-state index contributed by atoms with van der Waals surface area (Å²) >= 11 is 0. The molecule has 0 saturated carbocycles. The highest BCUT2D eigenvalue weighted by Gasteiger charge is 2.04. The summed E-state index contributed by atoms with van der Waals surface area (Å²) in [6.45, 7) is 4.08. The Morgan fingerprint density at radius 3 is 2.32 bits per heavy atom. The first-order valence-corrected chi connectivity index (χ1v) is 7.98. The lowest BCUT2D eigenvalue weighted by molar-refractivity contribution is -0.384. The Morgan fingerprint density at radius 1 is 1.04 bits per heavy atom. The second kappa shape index (κ2) is 11.4. The van der Waals surface area contributed by atoms with E-state index >= 15 is 0 Å². The van der Waals surface area contributed by atoms with Gasteiger partial charge in [-0.15, -0.1) is 24.0 Å². The Kier molecular flexibility index (Phi) is 9.53. The van der Waals surface area contributed by atoms with Crippen LogP contribution in [0.1, 0.15) is 24.5 Å². The Hall–Kier alpha value is -2.16. The van der Waals surface area contributed by atoms with E-state index in [0.29, 0.717) is 13.1 Å². The zero-order valence-corrected chi connectivity index (χ0v) is 16.5. The number of aliphatic imine (C=N–C) groups is 1. The van der Waals surface area contributed by atoms with E-state index in [4.69, 9.17) is 0 Å². The lowest BCUT2D eigenvalue weighted by atomic mass is 10.2. The van der Waals surface area contributed by atoms with Crippen LogP contribution in [0.4, 0.5) is 5.69 Å². The molecule has 0 spiro atoms. The maximum atomic E-state index is 10.7. The van der Waals surface area contributed by atoms with Crippen LogP contribution in [0.3, 0.4) is 0 Å². The van der Waals surface area contributed by atoms with Crippen molar-refractivity contribution in [1.82, 2.24) is 10.6 Å². The third kappa shape index (κ3) is 7.51. The molecular formula is C18H23IN4O2. The van der Waals surface area contributed by atoms with Crippen LogP contribution in [0, 0.1) is 10.1 Å². The quantitative estimate of drug-likeness (QED) is 0.219. The van der Waals surface area contributed by atoms with Gasteiger partial charge in [0.05, 0.1) is 11.5 Å². The van der Waals surface area contributed by atoms with Crippen molar-refractivity contribution in [2.75, 3.05) is 6.54 Å². The Bertz CT molecular complexity index is 675. The van der Waals surface area contributed by atoms with Crippen molar-refractivity contribution in [1.29, 1.82) is 0 Å². The topological polar surface area (TPSA) is 79.6 Å². The molecule has 2 N–H and O–H groups in total. The van der Waals surface area contributed by atoms with Crippen molar-refractivity contribution in [3.8, 4) is 0 Å². The molecule has 0 aliphatic carbocycles. The first-order valence-electron chi connectivity index (χ1n) is 7.98. The summed E-state index contributed by atoms with van der Waals surface area (Å²) in [5.41, 5.74) is 2.21. The molecule has 0 saturated heterocycles. The maximum absolute atomic E-state index is 10.7. The van der Waals surface area contributed by atoms with Gasteiger partial charge in [-0.1, -0.05) is 49.4 Å². The van der Waals surface area contributed by atoms with E-state index in [-0.39, 0.29) is 29.7 Å². The number of hydrogen-bond donors (Lipinski definition) is 2. The summed E-state index contributed by atoms with van der Waals surface area (Å²) in [5, 5.41) is 17.2. The van der Waals surface area contributed by atoms with Crippen LogP contribution in [0.2, 0.25) is 0 Å². The normalized spacial score (nSPS) is 10.7. The van der Waals surface area contributed by atoms with E-state index < -0.39 is 4.92 Å². The fraction of sp³-hybridized carbons (Fsp3) is 0.278. The van der Waals surface area contributed by atoms with Crippen LogP contribution in [0.5, 0.6) is 0 Å². The molecule has 2 aromatic carbocycles. The number of halogens is 1. The van der Waals surface area contributed by atoms with Gasteiger partial charge in [0, 0.05) is 25.2 Å². The molecule has 0 heterocycles. The smallest absolute Gasteiger partial charge is 0.269 e. The number of hydrogen-bond acceptors (Lipinski definition) is 3. The molecule has 0 amide bonds. The van der Waals surface area contributed by atoms with Crippen molar-refractivity contribution in [2.24, 2.45) is 4.99 Å². The van der Waals surface area contributed by atoms with Gasteiger partial charge in [0.25, 0.3) is 5.69 Å². The Morgan fingerprint density at radius 2 is 1.72 bits per heavy atom. The zero-order valence-electron chi connectivity index (χ0n) is 14.1. The monoisotopic (exact) mass is 454 g/mol. The predicted molar refractivity (Wildman–Crippen MR) is 111 cm³/mol. The number of nitrogens with zero attached hydrogens (tertiary/aromatic N) is 2. The number of non-ortho nitro benzene ring substituents is 1. The van der Waals surface area contributed by atoms with Gasteiger partial charge in [0.15, 0.2) is 5.96 Å². The summed E-state index contributed by atoms with van der Waals surface area (Å²) in [7, 11) is 0. The van der Waals surface area contributed by atoms with Crippen LogP contribution in [0.15, 0.2) is 59.6 Å². The lowest BCUT2D eigenvalue weighted by Crippen LogP contribution is -2.37. The summed E-state index contributed by atoms with van der Waals surface area (Å²) in [6.07, 6.45) is 1.00. The molecule has 0 aliphatic heterocycles. The first kappa shape index (κ1) is 20.9. The molecule has 6 nitrogen and oxygen atoms in total. The standard InChI is InChI=1S/C18H22N4O2.HI/c1-2-12-19-18(20-13-15-6-4-3-5-7-15)21-14-16-8-10-17(11-9-16)22(23)24;/h3-11H,2,12-14H2,1H3,(H2,19,20,21);1H. The van der Waals surface area contributed by atoms with E-state index in [0.717, 1.165) is 30.1 Å². The minimum atomic E-state index is -0.396. The molecule has 0 fully saturated rings. The average molecular weight is 454 g/mol. The molecule has 2 rings (SSSR count). The van der Waals surface area contributed by atoms with E-state index in [2.05, 4.69) is 22.5 Å². The van der Waals surface area contributed by atoms with E-state index in [1.807, 2.05) is 30.3 Å². The third-order valence-corrected chi connectivity index (χ3v) is 3.41. The van der Waals surface area contributed by atoms with Crippen LogP contribution in [-0.2, 0) is 13.1 Å². The molecule has 0 radical (unpaired) electrons. The minimum Gasteiger partial charge on any atom is -0.356 e. The summed E-state index contributed by atoms with van der Waals surface area (Å²) in [6, 6.07) is 16.6. The van der Waals surface area contributed by atoms with Crippen LogP contribution < -0.4 is 10.6 Å². The van der Waals surface area contributed by atoms with Crippen LogP contribution in [0.25, 0.3) is 0 Å². The van der Waals surface area contributed by atoms with Crippen LogP contribution in [-0.4, -0.2) is 17.4 Å². The number of nitro benzene ring substituents is 1. The highest BCUT2D eigenvalue weighted by Crippen LogP contribution is 2.11. The SMILES string of the molecule is CCCNC(=NCc1ccccc1)NCc1ccc([N+](=O)[O-])cc1.I. The summed E-state index contributed by atoms with van der Waals surface area (Å²) < 4.78 is 0. The van der Waals surface area contributed by atoms with Gasteiger partial charge in [0.2, 0.25) is 0 Å². The predicted octanol–water partition coefficient (Wildman–Crippen LogP) is 3.86. The highest BCUT2D eigenvalue weighted by atomic mass is 127. The molecule has 0 aromatic heterocycles. The fourth-order valence-electron chi connectivity index (χ4n) is 2.09. The average Bonchev–Trinajstić information content (AvgIpc) is 2.62. The highest BCUT2D eigenvalue weighted by molar-refractivity contribution is 14.0. The van der Waals surface area contributed by atoms with Gasteiger partial charge in [-0.05, 0) is 17.5 Å². The first-order chi connectivity index (χ1) is 11.7. The lowest BCUT2D eigenvalue weighted by Gasteiger charge is -2.12. The van der Waals surface area contributed by atoms with E-state index in [9.17, 15) is 10.1 Å². The molecule has 0 unspecified atom stereocenters. The van der Waals surface area contributed by atoms with Crippen LogP contribution >= 0.6 is 24.0 Å². The van der Waals surface area contributed by atoms with Gasteiger partial charge in [0.1, 0.15) is 0 Å². The zero-order chi connectivity index (χ0) is 17.2. The van der Waals surface area contributed by atoms with Gasteiger partial charge >= 0.3 is 0 Å². The molecule has 0 atom stereocenters. The van der Waals surface area contributed by atoms with Gasteiger partial charge < -0.3 is 10.6 Å².